The maximum atomic E-state index is 14.2. The van der Waals surface area contributed by atoms with E-state index in [2.05, 4.69) is 37.5 Å². The van der Waals surface area contributed by atoms with E-state index in [0.29, 0.717) is 46.6 Å². The molecule has 0 bridgehead atoms. The predicted molar refractivity (Wildman–Crippen MR) is 169 cm³/mol. The van der Waals surface area contributed by atoms with E-state index in [-0.39, 0.29) is 24.1 Å². The molecule has 0 N–H and O–H groups in total. The SMILES string of the molecule is CCOC(=O)C1=C(c2ccc(OCC)c(OCC)c2)N2C(=O)C(=Cc3c(C)n(C(C)C)c4ccccc34)SC2N=C1C. The third-order valence-electron chi connectivity index (χ3n) is 7.32. The quantitative estimate of drug-likeness (QED) is 0.199. The Morgan fingerprint density at radius 2 is 1.74 bits per heavy atom. The predicted octanol–water partition coefficient (Wildman–Crippen LogP) is 6.98. The third-order valence-corrected chi connectivity index (χ3v) is 8.39. The van der Waals surface area contributed by atoms with E-state index >= 15 is 0 Å². The van der Waals surface area contributed by atoms with Gasteiger partial charge in [0.1, 0.15) is 5.57 Å². The van der Waals surface area contributed by atoms with Crippen LogP contribution in [0.25, 0.3) is 22.7 Å². The van der Waals surface area contributed by atoms with Gasteiger partial charge in [0.15, 0.2) is 17.0 Å². The summed E-state index contributed by atoms with van der Waals surface area (Å²) in [7, 11) is 0. The number of fused-ring (bicyclic) bond motifs is 2. The van der Waals surface area contributed by atoms with E-state index in [1.165, 1.54) is 11.8 Å². The van der Waals surface area contributed by atoms with Crippen molar-refractivity contribution in [2.75, 3.05) is 19.8 Å². The van der Waals surface area contributed by atoms with Gasteiger partial charge in [-0.05, 0) is 78.8 Å². The van der Waals surface area contributed by atoms with Crippen LogP contribution in [0.3, 0.4) is 0 Å². The molecule has 0 radical (unpaired) electrons. The summed E-state index contributed by atoms with van der Waals surface area (Å²) in [5.41, 5.74) is 4.55. The van der Waals surface area contributed by atoms with Crippen LogP contribution >= 0.6 is 11.8 Å². The van der Waals surface area contributed by atoms with Gasteiger partial charge in [0.05, 0.1) is 36.1 Å². The molecule has 9 heteroatoms. The second-order valence-corrected chi connectivity index (χ2v) is 11.4. The second-order valence-electron chi connectivity index (χ2n) is 10.3. The molecular formula is C33H37N3O5S. The molecule has 1 fully saturated rings. The van der Waals surface area contributed by atoms with Crippen LogP contribution < -0.4 is 9.47 Å². The van der Waals surface area contributed by atoms with Crippen LogP contribution in [0.1, 0.15) is 64.4 Å². The summed E-state index contributed by atoms with van der Waals surface area (Å²) in [6.45, 7) is 14.9. The van der Waals surface area contributed by atoms with Crippen LogP contribution in [0.15, 0.2) is 57.9 Å². The van der Waals surface area contributed by atoms with E-state index in [0.717, 1.165) is 22.2 Å². The van der Waals surface area contributed by atoms with Gasteiger partial charge in [-0.2, -0.15) is 0 Å². The number of amides is 1. The number of rotatable bonds is 9. The molecule has 2 aromatic carbocycles. The number of carbonyl (C=O) groups is 2. The van der Waals surface area contributed by atoms with E-state index in [1.807, 2.05) is 50.3 Å². The Hall–Kier alpha value is -3.98. The van der Waals surface area contributed by atoms with Gasteiger partial charge in [-0.25, -0.2) is 4.79 Å². The number of aromatic nitrogens is 1. The lowest BCUT2D eigenvalue weighted by atomic mass is 9.99. The summed E-state index contributed by atoms with van der Waals surface area (Å²) in [6, 6.07) is 14.0. The van der Waals surface area contributed by atoms with Gasteiger partial charge in [0.2, 0.25) is 0 Å². The maximum Gasteiger partial charge on any atom is 0.342 e. The largest absolute Gasteiger partial charge is 0.490 e. The first kappa shape index (κ1) is 29.5. The molecule has 2 aliphatic rings. The molecule has 220 valence electrons. The zero-order valence-electron chi connectivity index (χ0n) is 25.2. The zero-order valence-corrected chi connectivity index (χ0v) is 26.0. The molecule has 3 heterocycles. The minimum Gasteiger partial charge on any atom is -0.490 e. The number of hydrogen-bond acceptors (Lipinski definition) is 7. The molecule has 2 aliphatic heterocycles. The summed E-state index contributed by atoms with van der Waals surface area (Å²) in [6.07, 6.45) is 1.97. The fourth-order valence-electron chi connectivity index (χ4n) is 5.67. The number of hydrogen-bond donors (Lipinski definition) is 0. The number of ether oxygens (including phenoxy) is 3. The van der Waals surface area contributed by atoms with Crippen LogP contribution in [0.5, 0.6) is 11.5 Å². The van der Waals surface area contributed by atoms with Crippen LogP contribution in [-0.2, 0) is 14.3 Å². The highest BCUT2D eigenvalue weighted by Gasteiger charge is 2.44. The fraction of sp³-hybridized carbons (Fsp3) is 0.364. The van der Waals surface area contributed by atoms with Gasteiger partial charge in [-0.3, -0.25) is 14.7 Å². The molecule has 0 spiro atoms. The van der Waals surface area contributed by atoms with Crippen molar-refractivity contribution < 1.29 is 23.8 Å². The van der Waals surface area contributed by atoms with Crippen molar-refractivity contribution in [3.8, 4) is 11.5 Å². The van der Waals surface area contributed by atoms with Crippen LogP contribution in [0.4, 0.5) is 0 Å². The molecule has 0 saturated carbocycles. The maximum absolute atomic E-state index is 14.2. The lowest BCUT2D eigenvalue weighted by Gasteiger charge is -2.30. The summed E-state index contributed by atoms with van der Waals surface area (Å²) in [5.74, 6) is 0.395. The Morgan fingerprint density at radius 1 is 1.02 bits per heavy atom. The van der Waals surface area contributed by atoms with Gasteiger partial charge in [-0.1, -0.05) is 30.0 Å². The van der Waals surface area contributed by atoms with Crippen LogP contribution in [0.2, 0.25) is 0 Å². The van der Waals surface area contributed by atoms with Crippen LogP contribution in [0, 0.1) is 6.92 Å². The molecule has 1 saturated heterocycles. The van der Waals surface area contributed by atoms with E-state index in [4.69, 9.17) is 19.2 Å². The van der Waals surface area contributed by atoms with Gasteiger partial charge in [0.25, 0.3) is 5.91 Å². The Balaban J connectivity index is 1.67. The summed E-state index contributed by atoms with van der Waals surface area (Å²) < 4.78 is 19.4. The average Bonchev–Trinajstić information content (AvgIpc) is 3.42. The molecule has 5 rings (SSSR count). The molecule has 1 atom stereocenters. The summed E-state index contributed by atoms with van der Waals surface area (Å²) in [5, 5.41) is 1.09. The van der Waals surface area contributed by atoms with Crippen molar-refractivity contribution in [3.05, 3.63) is 69.8 Å². The molecule has 3 aromatic rings. The second kappa shape index (κ2) is 12.1. The van der Waals surface area contributed by atoms with Crippen LogP contribution in [-0.4, -0.2) is 52.4 Å². The number of para-hydroxylation sites is 1. The first-order chi connectivity index (χ1) is 20.2. The molecule has 1 unspecified atom stereocenters. The van der Waals surface area contributed by atoms with E-state index < -0.39 is 11.5 Å². The van der Waals surface area contributed by atoms with Gasteiger partial charge in [-0.15, -0.1) is 0 Å². The Kier molecular flexibility index (Phi) is 8.50. The van der Waals surface area contributed by atoms with Crippen molar-refractivity contribution in [2.45, 2.75) is 60.0 Å². The fourth-order valence-corrected chi connectivity index (χ4v) is 6.80. The molecule has 1 aromatic heterocycles. The highest BCUT2D eigenvalue weighted by Crippen LogP contribution is 2.47. The van der Waals surface area contributed by atoms with E-state index in [9.17, 15) is 9.59 Å². The first-order valence-corrected chi connectivity index (χ1v) is 15.3. The first-order valence-electron chi connectivity index (χ1n) is 14.4. The number of thioether (sulfide) groups is 1. The summed E-state index contributed by atoms with van der Waals surface area (Å²) >= 11 is 1.39. The zero-order chi connectivity index (χ0) is 30.1. The van der Waals surface area contributed by atoms with E-state index in [1.54, 1.807) is 18.7 Å². The molecule has 1 amide bonds. The summed E-state index contributed by atoms with van der Waals surface area (Å²) in [4.78, 5) is 34.5. The average molecular weight is 588 g/mol. The lowest BCUT2D eigenvalue weighted by Crippen LogP contribution is -2.37. The number of aliphatic imine (C=N–C) groups is 1. The third kappa shape index (κ3) is 5.11. The molecule has 0 aliphatic carbocycles. The number of benzene rings is 2. The minimum absolute atomic E-state index is 0.201. The minimum atomic E-state index is -0.558. The topological polar surface area (TPSA) is 82.4 Å². The number of nitrogens with zero attached hydrogens (tertiary/aromatic N) is 3. The lowest BCUT2D eigenvalue weighted by molar-refractivity contribution is -0.137. The molecule has 42 heavy (non-hydrogen) atoms. The Morgan fingerprint density at radius 3 is 2.43 bits per heavy atom. The van der Waals surface area contributed by atoms with Gasteiger partial charge >= 0.3 is 5.97 Å². The van der Waals surface area contributed by atoms with Crippen molar-refractivity contribution in [1.29, 1.82) is 0 Å². The Labute approximate surface area is 251 Å². The highest BCUT2D eigenvalue weighted by molar-refractivity contribution is 8.05. The standard InChI is InChI=1S/C33H37N3O5S/c1-8-39-26-16-15-22(17-27(26)40-9-2)30-29(32(38)41-10-3)20(6)34-33-36(30)31(37)28(42-33)18-24-21(7)35(19(4)5)25-14-12-11-13-23(24)25/h11-19,33H,8-10H2,1-7H3. The van der Waals surface area contributed by atoms with Crippen molar-refractivity contribution in [3.63, 3.8) is 0 Å². The highest BCUT2D eigenvalue weighted by atomic mass is 32.2. The van der Waals surface area contributed by atoms with Gasteiger partial charge in [0, 0.05) is 33.8 Å². The van der Waals surface area contributed by atoms with Crippen molar-refractivity contribution in [2.24, 2.45) is 4.99 Å². The van der Waals surface area contributed by atoms with Crippen molar-refractivity contribution in [1.82, 2.24) is 9.47 Å². The van der Waals surface area contributed by atoms with Crippen molar-refractivity contribution >= 4 is 52.0 Å². The monoisotopic (exact) mass is 587 g/mol. The number of esters is 1. The van der Waals surface area contributed by atoms with Gasteiger partial charge < -0.3 is 18.8 Å². The smallest absolute Gasteiger partial charge is 0.342 e. The Bertz CT molecular complexity index is 1650. The number of carbonyl (C=O) groups excluding carboxylic acids is 2. The molecule has 8 nitrogen and oxygen atoms in total. The molecular weight excluding hydrogens is 550 g/mol. The normalized spacial score (nSPS) is 17.8.